The summed E-state index contributed by atoms with van der Waals surface area (Å²) in [5, 5.41) is 20.2. The molecule has 7 nitrogen and oxygen atoms in total. The van der Waals surface area contributed by atoms with E-state index in [1.807, 2.05) is 0 Å². The average Bonchev–Trinajstić information content (AvgIpc) is 2.97. The number of hydrogen-bond acceptors (Lipinski definition) is 6. The summed E-state index contributed by atoms with van der Waals surface area (Å²) in [5.74, 6) is -2.51. The molecule has 1 aromatic carbocycles. The molecule has 2 aromatic rings. The Morgan fingerprint density at radius 1 is 1.21 bits per heavy atom. The third-order valence-electron chi connectivity index (χ3n) is 3.29. The van der Waals surface area contributed by atoms with Gasteiger partial charge in [-0.2, -0.15) is 0 Å². The zero-order valence-corrected chi connectivity index (χ0v) is 14.0. The summed E-state index contributed by atoms with van der Waals surface area (Å²) in [4.78, 5) is 26.2. The van der Waals surface area contributed by atoms with Crippen molar-refractivity contribution < 1.29 is 19.8 Å². The number of nitrogens with zero attached hydrogens (tertiary/aromatic N) is 2. The third-order valence-corrected chi connectivity index (χ3v) is 4.38. The van der Waals surface area contributed by atoms with Crippen molar-refractivity contribution in [2.45, 2.75) is 6.92 Å². The summed E-state index contributed by atoms with van der Waals surface area (Å²) in [5.41, 5.74) is 2.42. The molecule has 0 unspecified atom stereocenters. The number of rotatable bonds is 3. The van der Waals surface area contributed by atoms with Crippen LogP contribution in [0.3, 0.4) is 0 Å². The van der Waals surface area contributed by atoms with Crippen LogP contribution in [0.1, 0.15) is 5.56 Å². The number of hydrogen-bond donors (Lipinski definition) is 3. The second-order valence-corrected chi connectivity index (χ2v) is 6.22. The van der Waals surface area contributed by atoms with Crippen LogP contribution in [0, 0.1) is 6.92 Å². The van der Waals surface area contributed by atoms with E-state index in [4.69, 9.17) is 15.2 Å². The lowest BCUT2D eigenvalue weighted by molar-refractivity contribution is -0.134. The van der Waals surface area contributed by atoms with Crippen molar-refractivity contribution in [3.05, 3.63) is 35.9 Å². The molecule has 3 rings (SSSR count). The summed E-state index contributed by atoms with van der Waals surface area (Å²) in [6, 6.07) is 6.49. The predicted octanol–water partition coefficient (Wildman–Crippen LogP) is 1.73. The van der Waals surface area contributed by atoms with Crippen LogP contribution in [-0.4, -0.2) is 53.3 Å². The van der Waals surface area contributed by atoms with Crippen LogP contribution in [-0.2, 0) is 9.59 Å². The first-order valence-corrected chi connectivity index (χ1v) is 8.24. The number of fused-ring (bicyclic) bond motifs is 1. The summed E-state index contributed by atoms with van der Waals surface area (Å²) >= 11 is 1.80. The number of anilines is 1. The molecule has 8 heteroatoms. The number of nitrogens with one attached hydrogen (secondary N) is 1. The fourth-order valence-corrected chi connectivity index (χ4v) is 3.16. The fourth-order valence-electron chi connectivity index (χ4n) is 2.16. The van der Waals surface area contributed by atoms with Gasteiger partial charge in [0.2, 0.25) is 0 Å². The van der Waals surface area contributed by atoms with Gasteiger partial charge in [0.1, 0.15) is 0 Å². The van der Waals surface area contributed by atoms with Gasteiger partial charge in [0.15, 0.2) is 5.13 Å². The number of thiazole rings is 1. The molecule has 1 saturated heterocycles. The molecule has 1 aliphatic heterocycles. The fraction of sp³-hybridized carbons (Fsp3) is 0.312. The van der Waals surface area contributed by atoms with Gasteiger partial charge in [-0.25, -0.2) is 14.6 Å². The number of carboxylic acids is 2. The zero-order chi connectivity index (χ0) is 17.5. The standard InChI is InChI=1S/C12H15N3S.C4H4O4/c1-9-2-3-11-10(8-9)14-12(16-11)15-6-4-13-5-7-15;5-3(6)1-2-4(7)8/h2-3,8,13H,4-7H2,1H3;1-2H,(H,5,6)(H,7,8)/b;2-1+. The number of piperazine rings is 1. The maximum absolute atomic E-state index is 9.55. The highest BCUT2D eigenvalue weighted by molar-refractivity contribution is 7.22. The van der Waals surface area contributed by atoms with Crippen LogP contribution in [0.5, 0.6) is 0 Å². The lowest BCUT2D eigenvalue weighted by atomic mass is 10.2. The molecule has 128 valence electrons. The molecule has 0 amide bonds. The highest BCUT2D eigenvalue weighted by Gasteiger charge is 2.14. The molecule has 0 radical (unpaired) electrons. The van der Waals surface area contributed by atoms with Gasteiger partial charge >= 0.3 is 11.9 Å². The molecule has 1 aliphatic rings. The molecular weight excluding hydrogens is 330 g/mol. The first kappa shape index (κ1) is 17.9. The lowest BCUT2D eigenvalue weighted by Gasteiger charge is -2.26. The van der Waals surface area contributed by atoms with Gasteiger partial charge in [0, 0.05) is 38.3 Å². The minimum atomic E-state index is -1.26. The number of aryl methyl sites for hydroxylation is 1. The molecule has 2 heterocycles. The molecule has 0 saturated carbocycles. The molecule has 0 atom stereocenters. The molecule has 0 spiro atoms. The summed E-state index contributed by atoms with van der Waals surface area (Å²) < 4.78 is 1.29. The quantitative estimate of drug-likeness (QED) is 0.725. The van der Waals surface area contributed by atoms with Crippen molar-refractivity contribution in [3.8, 4) is 0 Å². The van der Waals surface area contributed by atoms with E-state index >= 15 is 0 Å². The highest BCUT2D eigenvalue weighted by Crippen LogP contribution is 2.29. The third kappa shape index (κ3) is 5.32. The van der Waals surface area contributed by atoms with Gasteiger partial charge < -0.3 is 20.4 Å². The van der Waals surface area contributed by atoms with E-state index in [1.165, 1.54) is 15.4 Å². The summed E-state index contributed by atoms with van der Waals surface area (Å²) in [6.07, 6.45) is 1.12. The predicted molar refractivity (Wildman–Crippen MR) is 93.9 cm³/mol. The zero-order valence-electron chi connectivity index (χ0n) is 13.2. The Kier molecular flexibility index (Phi) is 6.28. The molecule has 0 bridgehead atoms. The van der Waals surface area contributed by atoms with Crippen molar-refractivity contribution in [2.24, 2.45) is 0 Å². The smallest absolute Gasteiger partial charge is 0.328 e. The van der Waals surface area contributed by atoms with E-state index in [2.05, 4.69) is 35.3 Å². The van der Waals surface area contributed by atoms with Crippen molar-refractivity contribution in [1.29, 1.82) is 0 Å². The second kappa shape index (κ2) is 8.42. The SMILES string of the molecule is Cc1ccc2sc(N3CCNCC3)nc2c1.O=C(O)/C=C/C(=O)O. The Hall–Kier alpha value is -2.45. The Labute approximate surface area is 143 Å². The summed E-state index contributed by atoms with van der Waals surface area (Å²) in [7, 11) is 0. The van der Waals surface area contributed by atoms with E-state index in [9.17, 15) is 9.59 Å². The first-order chi connectivity index (χ1) is 11.5. The summed E-state index contributed by atoms with van der Waals surface area (Å²) in [6.45, 7) is 6.38. The second-order valence-electron chi connectivity index (χ2n) is 5.21. The number of benzene rings is 1. The molecule has 1 fully saturated rings. The number of aliphatic carboxylic acids is 2. The molecule has 3 N–H and O–H groups in total. The van der Waals surface area contributed by atoms with E-state index in [1.54, 1.807) is 11.3 Å². The van der Waals surface area contributed by atoms with E-state index in [-0.39, 0.29) is 0 Å². The minimum Gasteiger partial charge on any atom is -0.478 e. The Bertz CT molecular complexity index is 735. The van der Waals surface area contributed by atoms with Crippen LogP contribution >= 0.6 is 11.3 Å². The normalized spacial score (nSPS) is 14.5. The van der Waals surface area contributed by atoms with E-state index in [0.29, 0.717) is 12.2 Å². The minimum absolute atomic E-state index is 0.558. The van der Waals surface area contributed by atoms with Crippen molar-refractivity contribution in [2.75, 3.05) is 31.1 Å². The number of carbonyl (C=O) groups is 2. The van der Waals surface area contributed by atoms with Gasteiger partial charge in [-0.15, -0.1) is 0 Å². The van der Waals surface area contributed by atoms with Crippen LogP contribution in [0.15, 0.2) is 30.4 Å². The topological polar surface area (TPSA) is 103 Å². The van der Waals surface area contributed by atoms with Crippen molar-refractivity contribution in [3.63, 3.8) is 0 Å². The Morgan fingerprint density at radius 2 is 1.83 bits per heavy atom. The first-order valence-electron chi connectivity index (χ1n) is 7.42. The van der Waals surface area contributed by atoms with Crippen molar-refractivity contribution >= 4 is 38.6 Å². The van der Waals surface area contributed by atoms with Gasteiger partial charge in [0.05, 0.1) is 10.2 Å². The van der Waals surface area contributed by atoms with Gasteiger partial charge in [-0.05, 0) is 24.6 Å². The Morgan fingerprint density at radius 3 is 2.42 bits per heavy atom. The maximum Gasteiger partial charge on any atom is 0.328 e. The Balaban J connectivity index is 0.000000224. The number of carboxylic acid groups (broad SMARTS) is 2. The van der Waals surface area contributed by atoms with Gasteiger partial charge in [-0.1, -0.05) is 17.4 Å². The molecule has 1 aromatic heterocycles. The van der Waals surface area contributed by atoms with Crippen LogP contribution in [0.4, 0.5) is 5.13 Å². The van der Waals surface area contributed by atoms with E-state index in [0.717, 1.165) is 31.7 Å². The average molecular weight is 349 g/mol. The highest BCUT2D eigenvalue weighted by atomic mass is 32.1. The molecule has 0 aliphatic carbocycles. The molecular formula is C16H19N3O4S. The van der Waals surface area contributed by atoms with Gasteiger partial charge in [-0.3, -0.25) is 0 Å². The molecule has 24 heavy (non-hydrogen) atoms. The van der Waals surface area contributed by atoms with Crippen LogP contribution in [0.25, 0.3) is 10.2 Å². The monoisotopic (exact) mass is 349 g/mol. The lowest BCUT2D eigenvalue weighted by Crippen LogP contribution is -2.43. The van der Waals surface area contributed by atoms with E-state index < -0.39 is 11.9 Å². The maximum atomic E-state index is 9.55. The van der Waals surface area contributed by atoms with Gasteiger partial charge in [0.25, 0.3) is 0 Å². The number of aromatic nitrogens is 1. The van der Waals surface area contributed by atoms with Crippen LogP contribution < -0.4 is 10.2 Å². The largest absolute Gasteiger partial charge is 0.478 e. The van der Waals surface area contributed by atoms with Crippen LogP contribution in [0.2, 0.25) is 0 Å². The van der Waals surface area contributed by atoms with Crippen molar-refractivity contribution in [1.82, 2.24) is 10.3 Å².